The molecule has 25 heavy (non-hydrogen) atoms. The van der Waals surface area contributed by atoms with E-state index in [1.54, 1.807) is 6.92 Å². The van der Waals surface area contributed by atoms with Crippen LogP contribution in [0, 0.1) is 13.8 Å². The van der Waals surface area contributed by atoms with Gasteiger partial charge in [0.2, 0.25) is 0 Å². The molecule has 0 aliphatic carbocycles. The fourth-order valence-corrected chi connectivity index (χ4v) is 3.01. The minimum atomic E-state index is -0.790. The van der Waals surface area contributed by atoms with Gasteiger partial charge < -0.3 is 14.5 Å². The third kappa shape index (κ3) is 4.75. The van der Waals surface area contributed by atoms with Gasteiger partial charge in [-0.2, -0.15) is 0 Å². The van der Waals surface area contributed by atoms with E-state index in [0.29, 0.717) is 10.6 Å². The Kier molecular flexibility index (Phi) is 6.11. The third-order valence-electron chi connectivity index (χ3n) is 3.14. The van der Waals surface area contributed by atoms with Gasteiger partial charge in [-0.15, -0.1) is 0 Å². The molecule has 0 fully saturated rings. The van der Waals surface area contributed by atoms with E-state index in [-0.39, 0.29) is 27.1 Å². The van der Waals surface area contributed by atoms with Crippen molar-refractivity contribution in [2.24, 2.45) is 0 Å². The van der Waals surface area contributed by atoms with Crippen LogP contribution in [0.1, 0.15) is 21.7 Å². The number of hydrogen-bond donors (Lipinski definition) is 1. The molecule has 9 heteroatoms. The summed E-state index contributed by atoms with van der Waals surface area (Å²) < 4.78 is 9.79. The van der Waals surface area contributed by atoms with Crippen molar-refractivity contribution in [3.8, 4) is 0 Å². The molecule has 0 unspecified atom stereocenters. The first-order chi connectivity index (χ1) is 11.7. The van der Waals surface area contributed by atoms with E-state index in [1.807, 2.05) is 0 Å². The lowest BCUT2D eigenvalue weighted by Gasteiger charge is -2.11. The average Bonchev–Trinajstić information content (AvgIpc) is 2.47. The number of esters is 1. The van der Waals surface area contributed by atoms with Crippen LogP contribution in [0.4, 0.5) is 5.69 Å². The largest absolute Gasteiger partial charge is 0.452 e. The molecule has 0 saturated heterocycles. The second kappa shape index (κ2) is 7.91. The first-order valence-electron chi connectivity index (χ1n) is 6.92. The Bertz CT molecular complexity index is 858. The number of nitrogens with one attached hydrogen (secondary N) is 1. The quantitative estimate of drug-likeness (QED) is 0.778. The lowest BCUT2D eigenvalue weighted by Crippen LogP contribution is -2.22. The highest BCUT2D eigenvalue weighted by molar-refractivity contribution is 6.42. The number of carbonyl (C=O) groups is 2. The van der Waals surface area contributed by atoms with Crippen molar-refractivity contribution in [2.75, 3.05) is 11.9 Å². The van der Waals surface area contributed by atoms with Crippen LogP contribution in [0.5, 0.6) is 0 Å². The molecular formula is C16H12Cl3NO5. The monoisotopic (exact) mass is 403 g/mol. The van der Waals surface area contributed by atoms with Crippen molar-refractivity contribution in [2.45, 2.75) is 13.8 Å². The van der Waals surface area contributed by atoms with Gasteiger partial charge in [-0.3, -0.25) is 4.79 Å². The van der Waals surface area contributed by atoms with Gasteiger partial charge in [0.1, 0.15) is 11.3 Å². The predicted octanol–water partition coefficient (Wildman–Crippen LogP) is 4.01. The molecule has 1 aromatic carbocycles. The maximum atomic E-state index is 12.1. The highest BCUT2D eigenvalue weighted by Gasteiger charge is 2.19. The van der Waals surface area contributed by atoms with Crippen LogP contribution in [0.3, 0.4) is 0 Å². The molecule has 1 amide bonds. The molecule has 0 radical (unpaired) electrons. The Labute approximate surface area is 157 Å². The lowest BCUT2D eigenvalue weighted by atomic mass is 10.1. The summed E-state index contributed by atoms with van der Waals surface area (Å²) in [6.07, 6.45) is 0. The predicted molar refractivity (Wildman–Crippen MR) is 94.8 cm³/mol. The van der Waals surface area contributed by atoms with Crippen LogP contribution >= 0.6 is 34.8 Å². The molecule has 0 bridgehead atoms. The van der Waals surface area contributed by atoms with Crippen molar-refractivity contribution in [1.29, 1.82) is 0 Å². The first kappa shape index (κ1) is 19.3. The molecule has 6 nitrogen and oxygen atoms in total. The number of aryl methyl sites for hydroxylation is 2. The summed E-state index contributed by atoms with van der Waals surface area (Å²) in [6, 6.07) is 3.99. The first-order valence-corrected chi connectivity index (χ1v) is 8.05. The Morgan fingerprint density at radius 1 is 1.12 bits per heavy atom. The van der Waals surface area contributed by atoms with Crippen LogP contribution in [0.2, 0.25) is 15.1 Å². The van der Waals surface area contributed by atoms with E-state index in [2.05, 4.69) is 5.32 Å². The summed E-state index contributed by atoms with van der Waals surface area (Å²) in [7, 11) is 0. The Balaban J connectivity index is 2.06. The summed E-state index contributed by atoms with van der Waals surface area (Å²) >= 11 is 17.7. The molecule has 0 saturated carbocycles. The lowest BCUT2D eigenvalue weighted by molar-refractivity contribution is -0.119. The molecule has 1 N–H and O–H groups in total. The summed E-state index contributed by atoms with van der Waals surface area (Å²) in [5, 5.41) is 3.05. The molecule has 0 aliphatic heterocycles. The van der Waals surface area contributed by atoms with Crippen LogP contribution in [-0.2, 0) is 9.53 Å². The fraction of sp³-hybridized carbons (Fsp3) is 0.188. The zero-order chi connectivity index (χ0) is 18.7. The SMILES string of the molecule is Cc1cc(=O)oc(C)c1C(=O)OCC(=O)Nc1c(Cl)cc(Cl)cc1Cl. The highest BCUT2D eigenvalue weighted by Crippen LogP contribution is 2.33. The van der Waals surface area contributed by atoms with Crippen molar-refractivity contribution < 1.29 is 18.7 Å². The number of rotatable bonds is 4. The summed E-state index contributed by atoms with van der Waals surface area (Å²) in [5.74, 6) is -1.33. The summed E-state index contributed by atoms with van der Waals surface area (Å²) in [4.78, 5) is 35.3. The van der Waals surface area contributed by atoms with E-state index < -0.39 is 24.1 Å². The molecule has 2 rings (SSSR count). The number of ether oxygens (including phenoxy) is 1. The standard InChI is InChI=1S/C16H12Cl3NO5/c1-7-3-13(22)25-8(2)14(7)16(23)24-6-12(21)20-15-10(18)4-9(17)5-11(15)19/h3-5H,6H2,1-2H3,(H,20,21). The topological polar surface area (TPSA) is 85.6 Å². The van der Waals surface area contributed by atoms with Gasteiger partial charge >= 0.3 is 11.6 Å². The normalized spacial score (nSPS) is 10.4. The molecule has 1 aromatic heterocycles. The third-order valence-corrected chi connectivity index (χ3v) is 3.96. The number of hydrogen-bond acceptors (Lipinski definition) is 5. The molecule has 0 aliphatic rings. The van der Waals surface area contributed by atoms with Crippen molar-refractivity contribution in [1.82, 2.24) is 0 Å². The highest BCUT2D eigenvalue weighted by atomic mass is 35.5. The molecule has 132 valence electrons. The molecule has 0 atom stereocenters. The zero-order valence-electron chi connectivity index (χ0n) is 13.1. The van der Waals surface area contributed by atoms with E-state index in [1.165, 1.54) is 19.1 Å². The van der Waals surface area contributed by atoms with Crippen LogP contribution in [0.15, 0.2) is 27.4 Å². The van der Waals surface area contributed by atoms with Crippen LogP contribution in [-0.4, -0.2) is 18.5 Å². The van der Waals surface area contributed by atoms with E-state index in [4.69, 9.17) is 44.0 Å². The number of amides is 1. The van der Waals surface area contributed by atoms with E-state index in [0.717, 1.165) is 6.07 Å². The maximum absolute atomic E-state index is 12.1. The van der Waals surface area contributed by atoms with Gasteiger partial charge in [-0.1, -0.05) is 34.8 Å². The van der Waals surface area contributed by atoms with Crippen LogP contribution < -0.4 is 10.9 Å². The number of halogens is 3. The van der Waals surface area contributed by atoms with Gasteiger partial charge in [0, 0.05) is 11.1 Å². The minimum absolute atomic E-state index is 0.0926. The smallest absolute Gasteiger partial charge is 0.342 e. The van der Waals surface area contributed by atoms with E-state index >= 15 is 0 Å². The van der Waals surface area contributed by atoms with Gasteiger partial charge in [-0.25, -0.2) is 9.59 Å². The van der Waals surface area contributed by atoms with Gasteiger partial charge in [0.05, 0.1) is 15.7 Å². The average molecular weight is 405 g/mol. The maximum Gasteiger partial charge on any atom is 0.342 e. The number of anilines is 1. The van der Waals surface area contributed by atoms with E-state index in [9.17, 15) is 14.4 Å². The van der Waals surface area contributed by atoms with Gasteiger partial charge in [-0.05, 0) is 31.5 Å². The van der Waals surface area contributed by atoms with Crippen molar-refractivity contribution in [3.05, 3.63) is 60.6 Å². The molecule has 2 aromatic rings. The molecule has 1 heterocycles. The zero-order valence-corrected chi connectivity index (χ0v) is 15.4. The van der Waals surface area contributed by atoms with Crippen molar-refractivity contribution >= 4 is 52.4 Å². The van der Waals surface area contributed by atoms with Crippen molar-refractivity contribution in [3.63, 3.8) is 0 Å². The molecule has 0 spiro atoms. The second-order valence-electron chi connectivity index (χ2n) is 5.05. The summed E-state index contributed by atoms with van der Waals surface area (Å²) in [5.41, 5.74) is 0.0704. The Hall–Kier alpha value is -2.02. The second-order valence-corrected chi connectivity index (χ2v) is 6.30. The minimum Gasteiger partial charge on any atom is -0.452 e. The number of carbonyl (C=O) groups excluding carboxylic acids is 2. The molecular weight excluding hydrogens is 393 g/mol. The Morgan fingerprint density at radius 3 is 2.28 bits per heavy atom. The fourth-order valence-electron chi connectivity index (χ4n) is 2.10. The Morgan fingerprint density at radius 2 is 1.72 bits per heavy atom. The van der Waals surface area contributed by atoms with Gasteiger partial charge in [0.25, 0.3) is 5.91 Å². The number of benzene rings is 1. The van der Waals surface area contributed by atoms with Crippen LogP contribution in [0.25, 0.3) is 0 Å². The van der Waals surface area contributed by atoms with Gasteiger partial charge in [0.15, 0.2) is 6.61 Å². The summed E-state index contributed by atoms with van der Waals surface area (Å²) in [6.45, 7) is 2.44.